The molecule has 0 spiro atoms. The Balaban J connectivity index is 1.48. The van der Waals surface area contributed by atoms with Gasteiger partial charge in [-0.15, -0.1) is 0 Å². The van der Waals surface area contributed by atoms with E-state index in [0.717, 1.165) is 25.9 Å². The van der Waals surface area contributed by atoms with E-state index in [4.69, 9.17) is 4.74 Å². The van der Waals surface area contributed by atoms with E-state index in [0.29, 0.717) is 6.54 Å². The third kappa shape index (κ3) is 2.98. The predicted octanol–water partition coefficient (Wildman–Crippen LogP) is 2.01. The van der Waals surface area contributed by atoms with Crippen molar-refractivity contribution in [3.05, 3.63) is 34.9 Å². The minimum Gasteiger partial charge on any atom is -0.368 e. The molecule has 3 nitrogen and oxygen atoms in total. The molecule has 3 heteroatoms. The number of benzene rings is 1. The van der Waals surface area contributed by atoms with Crippen molar-refractivity contribution in [2.45, 2.75) is 44.6 Å². The summed E-state index contributed by atoms with van der Waals surface area (Å²) >= 11 is 0. The lowest BCUT2D eigenvalue weighted by Crippen LogP contribution is -2.35. The predicted molar refractivity (Wildman–Crippen MR) is 74.2 cm³/mol. The van der Waals surface area contributed by atoms with Crippen LogP contribution in [-0.2, 0) is 28.8 Å². The van der Waals surface area contributed by atoms with Gasteiger partial charge in [0.1, 0.15) is 6.10 Å². The van der Waals surface area contributed by atoms with Gasteiger partial charge in [-0.05, 0) is 55.2 Å². The summed E-state index contributed by atoms with van der Waals surface area (Å²) in [5.74, 6) is 0.0543. The van der Waals surface area contributed by atoms with Crippen LogP contribution in [0.1, 0.15) is 36.0 Å². The Morgan fingerprint density at radius 1 is 1.26 bits per heavy atom. The summed E-state index contributed by atoms with van der Waals surface area (Å²) in [7, 11) is 0. The third-order valence-corrected chi connectivity index (χ3v) is 4.10. The van der Waals surface area contributed by atoms with E-state index in [1.807, 2.05) is 0 Å². The lowest BCUT2D eigenvalue weighted by atomic mass is 10.0. The zero-order chi connectivity index (χ0) is 13.1. The average Bonchev–Trinajstić information content (AvgIpc) is 3.09. The summed E-state index contributed by atoms with van der Waals surface area (Å²) in [6, 6.07) is 6.75. The summed E-state index contributed by atoms with van der Waals surface area (Å²) < 4.78 is 5.37. The Morgan fingerprint density at radius 2 is 2.16 bits per heavy atom. The molecule has 1 fully saturated rings. The maximum absolute atomic E-state index is 11.8. The molecule has 1 amide bonds. The lowest BCUT2D eigenvalue weighted by molar-refractivity contribution is -0.129. The highest BCUT2D eigenvalue weighted by Crippen LogP contribution is 2.22. The number of carbonyl (C=O) groups is 1. The molecule has 3 rings (SSSR count). The van der Waals surface area contributed by atoms with Crippen LogP contribution in [0.4, 0.5) is 0 Å². The second-order valence-electron chi connectivity index (χ2n) is 5.50. The summed E-state index contributed by atoms with van der Waals surface area (Å²) in [5.41, 5.74) is 4.34. The van der Waals surface area contributed by atoms with Gasteiger partial charge in [0.15, 0.2) is 0 Å². The molecule has 2 aliphatic rings. The number of aryl methyl sites for hydroxylation is 2. The van der Waals surface area contributed by atoms with Crippen molar-refractivity contribution >= 4 is 5.91 Å². The number of ether oxygens (including phenoxy) is 1. The number of amides is 1. The van der Waals surface area contributed by atoms with Gasteiger partial charge in [0.05, 0.1) is 0 Å². The van der Waals surface area contributed by atoms with Crippen LogP contribution in [0, 0.1) is 0 Å². The molecule has 1 aromatic rings. The highest BCUT2D eigenvalue weighted by molar-refractivity contribution is 5.80. The van der Waals surface area contributed by atoms with Gasteiger partial charge in [0.2, 0.25) is 5.91 Å². The van der Waals surface area contributed by atoms with E-state index in [9.17, 15) is 4.79 Å². The van der Waals surface area contributed by atoms with Crippen molar-refractivity contribution in [1.29, 1.82) is 0 Å². The number of hydrogen-bond acceptors (Lipinski definition) is 2. The Kier molecular flexibility index (Phi) is 3.83. The minimum atomic E-state index is -0.208. The first-order valence-electron chi connectivity index (χ1n) is 7.33. The standard InChI is InChI=1S/C16H21NO2/c18-16(15-5-2-10-19-15)17-9-8-12-6-7-13-3-1-4-14(13)11-12/h6-7,11,15H,1-5,8-10H2,(H,17,18). The fourth-order valence-corrected chi connectivity index (χ4v) is 3.01. The second-order valence-corrected chi connectivity index (χ2v) is 5.50. The molecule has 19 heavy (non-hydrogen) atoms. The van der Waals surface area contributed by atoms with Crippen LogP contribution in [0.15, 0.2) is 18.2 Å². The van der Waals surface area contributed by atoms with Gasteiger partial charge >= 0.3 is 0 Å². The number of hydrogen-bond donors (Lipinski definition) is 1. The molecule has 1 aromatic carbocycles. The van der Waals surface area contributed by atoms with Crippen LogP contribution >= 0.6 is 0 Å². The van der Waals surface area contributed by atoms with Gasteiger partial charge in [-0.25, -0.2) is 0 Å². The maximum Gasteiger partial charge on any atom is 0.249 e. The molecule has 0 saturated carbocycles. The van der Waals surface area contributed by atoms with Gasteiger partial charge < -0.3 is 10.1 Å². The van der Waals surface area contributed by atoms with Crippen LogP contribution in [-0.4, -0.2) is 25.2 Å². The molecular formula is C16H21NO2. The van der Waals surface area contributed by atoms with E-state index in [1.165, 1.54) is 36.0 Å². The second kappa shape index (κ2) is 5.74. The normalized spacial score (nSPS) is 21.4. The minimum absolute atomic E-state index is 0.0543. The quantitative estimate of drug-likeness (QED) is 0.898. The third-order valence-electron chi connectivity index (χ3n) is 4.10. The number of fused-ring (bicyclic) bond motifs is 1. The largest absolute Gasteiger partial charge is 0.368 e. The van der Waals surface area contributed by atoms with Crippen molar-refractivity contribution in [3.8, 4) is 0 Å². The number of rotatable bonds is 4. The lowest BCUT2D eigenvalue weighted by Gasteiger charge is -2.10. The molecule has 0 bridgehead atoms. The van der Waals surface area contributed by atoms with Gasteiger partial charge in [0.25, 0.3) is 0 Å². The highest BCUT2D eigenvalue weighted by atomic mass is 16.5. The SMILES string of the molecule is O=C(NCCc1ccc2c(c1)CCC2)C1CCCO1. The van der Waals surface area contributed by atoms with Crippen LogP contribution < -0.4 is 5.32 Å². The Hall–Kier alpha value is -1.35. The van der Waals surface area contributed by atoms with E-state index in [2.05, 4.69) is 23.5 Å². The summed E-state index contributed by atoms with van der Waals surface area (Å²) in [6.45, 7) is 1.43. The van der Waals surface area contributed by atoms with Gasteiger partial charge in [-0.1, -0.05) is 18.2 Å². The molecular weight excluding hydrogens is 238 g/mol. The fourth-order valence-electron chi connectivity index (χ4n) is 3.01. The van der Waals surface area contributed by atoms with Gasteiger partial charge in [0, 0.05) is 13.2 Å². The molecule has 1 atom stereocenters. The Bertz CT molecular complexity index is 464. The first-order chi connectivity index (χ1) is 9.33. The number of nitrogens with one attached hydrogen (secondary N) is 1. The van der Waals surface area contributed by atoms with Crippen molar-refractivity contribution in [2.24, 2.45) is 0 Å². The number of carbonyl (C=O) groups excluding carboxylic acids is 1. The molecule has 1 unspecified atom stereocenters. The molecule has 102 valence electrons. The smallest absolute Gasteiger partial charge is 0.249 e. The van der Waals surface area contributed by atoms with E-state index in [1.54, 1.807) is 0 Å². The molecule has 1 aliphatic carbocycles. The Labute approximate surface area is 114 Å². The van der Waals surface area contributed by atoms with Crippen molar-refractivity contribution in [3.63, 3.8) is 0 Å². The van der Waals surface area contributed by atoms with E-state index < -0.39 is 0 Å². The van der Waals surface area contributed by atoms with Crippen LogP contribution in [0.25, 0.3) is 0 Å². The van der Waals surface area contributed by atoms with E-state index in [-0.39, 0.29) is 12.0 Å². The first kappa shape index (κ1) is 12.7. The highest BCUT2D eigenvalue weighted by Gasteiger charge is 2.22. The van der Waals surface area contributed by atoms with Crippen molar-refractivity contribution < 1.29 is 9.53 Å². The molecule has 1 saturated heterocycles. The van der Waals surface area contributed by atoms with Crippen molar-refractivity contribution in [1.82, 2.24) is 5.32 Å². The van der Waals surface area contributed by atoms with Crippen molar-refractivity contribution in [2.75, 3.05) is 13.2 Å². The van der Waals surface area contributed by atoms with Crippen LogP contribution in [0.2, 0.25) is 0 Å². The van der Waals surface area contributed by atoms with Crippen LogP contribution in [0.3, 0.4) is 0 Å². The molecule has 1 aliphatic heterocycles. The fraction of sp³-hybridized carbons (Fsp3) is 0.562. The topological polar surface area (TPSA) is 38.3 Å². The zero-order valence-corrected chi connectivity index (χ0v) is 11.3. The first-order valence-corrected chi connectivity index (χ1v) is 7.33. The van der Waals surface area contributed by atoms with Crippen LogP contribution in [0.5, 0.6) is 0 Å². The van der Waals surface area contributed by atoms with Gasteiger partial charge in [-0.3, -0.25) is 4.79 Å². The van der Waals surface area contributed by atoms with Gasteiger partial charge in [-0.2, -0.15) is 0 Å². The molecule has 1 N–H and O–H groups in total. The summed E-state index contributed by atoms with van der Waals surface area (Å²) in [4.78, 5) is 11.8. The molecule has 1 heterocycles. The average molecular weight is 259 g/mol. The van der Waals surface area contributed by atoms with E-state index >= 15 is 0 Å². The zero-order valence-electron chi connectivity index (χ0n) is 11.3. The summed E-state index contributed by atoms with van der Waals surface area (Å²) in [6.07, 6.45) is 6.30. The molecule has 0 radical (unpaired) electrons. The Morgan fingerprint density at radius 3 is 3.00 bits per heavy atom. The summed E-state index contributed by atoms with van der Waals surface area (Å²) in [5, 5.41) is 2.98. The maximum atomic E-state index is 11.8. The monoisotopic (exact) mass is 259 g/mol. The molecule has 0 aromatic heterocycles.